The van der Waals surface area contributed by atoms with Gasteiger partial charge in [0, 0.05) is 29.4 Å². The monoisotopic (exact) mass is 862 g/mol. The first-order valence-corrected chi connectivity index (χ1v) is 26.7. The van der Waals surface area contributed by atoms with Crippen LogP contribution in [-0.4, -0.2) is 37.4 Å². The van der Waals surface area contributed by atoms with Gasteiger partial charge in [-0.05, 0) is 49.2 Å². The molecule has 0 aliphatic carbocycles. The molecule has 0 aliphatic heterocycles. The van der Waals surface area contributed by atoms with Crippen LogP contribution in [-0.2, 0) is 10.0 Å². The fourth-order valence-corrected chi connectivity index (χ4v) is 9.78. The molecule has 0 saturated heterocycles. The third-order valence-corrected chi connectivity index (χ3v) is 13.9. The highest BCUT2D eigenvalue weighted by Crippen LogP contribution is 2.34. The fraction of sp³-hybridized carbons (Fsp3) is 0.679. The van der Waals surface area contributed by atoms with Crippen LogP contribution in [0.25, 0.3) is 10.8 Å². The van der Waals surface area contributed by atoms with Crippen LogP contribution in [0.2, 0.25) is 0 Å². The van der Waals surface area contributed by atoms with E-state index in [1.165, 1.54) is 198 Å². The molecule has 3 rings (SSSR count). The van der Waals surface area contributed by atoms with E-state index in [9.17, 15) is 18.3 Å². The zero-order valence-corrected chi connectivity index (χ0v) is 39.7. The third-order valence-electron chi connectivity index (χ3n) is 12.6. The summed E-state index contributed by atoms with van der Waals surface area (Å²) in [6, 6.07) is 14.6. The summed E-state index contributed by atoms with van der Waals surface area (Å²) in [7, 11) is -4.02. The molecule has 1 amide bonds. The summed E-state index contributed by atoms with van der Waals surface area (Å²) in [6.45, 7) is 5.94. The van der Waals surface area contributed by atoms with E-state index in [2.05, 4.69) is 18.6 Å². The Morgan fingerprint density at radius 2 is 0.918 bits per heavy atom. The molecule has 3 aromatic carbocycles. The number of amides is 1. The lowest BCUT2D eigenvalue weighted by atomic mass is 10.0. The van der Waals surface area contributed by atoms with E-state index in [4.69, 9.17) is 5.73 Å². The number of carbonyl (C=O) groups is 1. The number of nitrogens with one attached hydrogen (secondary N) is 1. The zero-order valence-electron chi connectivity index (χ0n) is 38.8. The summed E-state index contributed by atoms with van der Waals surface area (Å²) >= 11 is 0. The number of sulfonamides is 1. The molecule has 0 aromatic heterocycles. The first kappa shape index (κ1) is 52.1. The van der Waals surface area contributed by atoms with Crippen molar-refractivity contribution in [3.63, 3.8) is 0 Å². The topological polar surface area (TPSA) is 113 Å². The van der Waals surface area contributed by atoms with Gasteiger partial charge in [-0.25, -0.2) is 8.42 Å². The van der Waals surface area contributed by atoms with Crippen LogP contribution in [0.3, 0.4) is 0 Å². The minimum atomic E-state index is -4.02. The van der Waals surface area contributed by atoms with Crippen LogP contribution in [0, 0.1) is 0 Å². The van der Waals surface area contributed by atoms with Gasteiger partial charge in [0.15, 0.2) is 0 Å². The highest BCUT2D eigenvalue weighted by Gasteiger charge is 2.21. The van der Waals surface area contributed by atoms with Gasteiger partial charge in [0.1, 0.15) is 5.75 Å². The van der Waals surface area contributed by atoms with Gasteiger partial charge in [-0.2, -0.15) is 0 Å². The maximum absolute atomic E-state index is 14.1. The highest BCUT2D eigenvalue weighted by atomic mass is 32.2. The minimum Gasteiger partial charge on any atom is -0.506 e. The van der Waals surface area contributed by atoms with Crippen molar-refractivity contribution in [1.82, 2.24) is 4.90 Å². The fourth-order valence-electron chi connectivity index (χ4n) is 8.66. The molecule has 7 nitrogen and oxygen atoms in total. The van der Waals surface area contributed by atoms with E-state index in [1.54, 1.807) is 36.4 Å². The van der Waals surface area contributed by atoms with Crippen molar-refractivity contribution in [2.75, 3.05) is 23.5 Å². The SMILES string of the molecule is CCCCCCCCCCCCCCCCCCN(CCCCCCCCCCCCCCCCCC)C(=O)c1cccc(S(=O)(=O)Nc2cccc3c(N)c(O)ccc23)c1. The van der Waals surface area contributed by atoms with Gasteiger partial charge in [0.2, 0.25) is 0 Å². The van der Waals surface area contributed by atoms with Crippen LogP contribution in [0.5, 0.6) is 5.75 Å². The average Bonchev–Trinajstić information content (AvgIpc) is 3.26. The number of rotatable bonds is 38. The number of aromatic hydroxyl groups is 1. The van der Waals surface area contributed by atoms with Gasteiger partial charge in [-0.3, -0.25) is 9.52 Å². The predicted molar refractivity (Wildman–Crippen MR) is 262 cm³/mol. The Hall–Kier alpha value is -3.26. The van der Waals surface area contributed by atoms with E-state index in [0.29, 0.717) is 35.1 Å². The molecular formula is C53H87N3O4S. The van der Waals surface area contributed by atoms with Crippen LogP contribution in [0.15, 0.2) is 59.5 Å². The van der Waals surface area contributed by atoms with Crippen molar-refractivity contribution in [2.24, 2.45) is 0 Å². The van der Waals surface area contributed by atoms with Crippen molar-refractivity contribution in [3.05, 3.63) is 60.2 Å². The minimum absolute atomic E-state index is 0.0341. The molecule has 61 heavy (non-hydrogen) atoms. The van der Waals surface area contributed by atoms with Gasteiger partial charge >= 0.3 is 0 Å². The van der Waals surface area contributed by atoms with Crippen LogP contribution in [0.1, 0.15) is 230 Å². The standard InChI is InChI=1S/C53H87N3O4S/c1-3-5-7-9-11-13-15-17-19-21-23-25-27-29-31-33-43-56(44-34-32-30-28-26-24-22-20-18-16-14-12-10-8-6-4-2)53(58)46-37-35-38-47(45-46)61(59,60)55-50-40-36-39-49-48(50)41-42-51(57)52(49)54/h35-42,45,55,57H,3-34,43-44,54H2,1-2H3. The van der Waals surface area contributed by atoms with E-state index in [1.807, 2.05) is 4.90 Å². The quantitative estimate of drug-likeness (QED) is 0.0302. The van der Waals surface area contributed by atoms with Gasteiger partial charge < -0.3 is 15.7 Å². The van der Waals surface area contributed by atoms with Gasteiger partial charge in [0.25, 0.3) is 15.9 Å². The number of unbranched alkanes of at least 4 members (excludes halogenated alkanes) is 30. The molecule has 0 aliphatic rings. The van der Waals surface area contributed by atoms with Crippen molar-refractivity contribution in [3.8, 4) is 5.75 Å². The molecule has 8 heteroatoms. The number of hydrogen-bond acceptors (Lipinski definition) is 5. The van der Waals surface area contributed by atoms with E-state index >= 15 is 0 Å². The highest BCUT2D eigenvalue weighted by molar-refractivity contribution is 7.92. The van der Waals surface area contributed by atoms with Crippen molar-refractivity contribution in [1.29, 1.82) is 0 Å². The second-order valence-corrected chi connectivity index (χ2v) is 19.6. The van der Waals surface area contributed by atoms with Crippen LogP contribution in [0.4, 0.5) is 11.4 Å². The van der Waals surface area contributed by atoms with Gasteiger partial charge in [0.05, 0.1) is 16.3 Å². The summed E-state index contributed by atoms with van der Waals surface area (Å²) in [5.74, 6) is -0.158. The lowest BCUT2D eigenvalue weighted by Gasteiger charge is -2.23. The summed E-state index contributed by atoms with van der Waals surface area (Å²) < 4.78 is 30.1. The molecule has 0 fully saturated rings. The molecular weight excluding hydrogens is 775 g/mol. The molecule has 0 bridgehead atoms. The summed E-state index contributed by atoms with van der Waals surface area (Å²) in [5, 5.41) is 11.2. The Labute approximate surface area is 373 Å². The summed E-state index contributed by atoms with van der Waals surface area (Å²) in [6.07, 6.45) is 41.9. The lowest BCUT2D eigenvalue weighted by molar-refractivity contribution is 0.0749. The second kappa shape index (κ2) is 32.4. The third kappa shape index (κ3) is 21.6. The summed E-state index contributed by atoms with van der Waals surface area (Å²) in [5.41, 5.74) is 7.03. The average molecular weight is 862 g/mol. The van der Waals surface area contributed by atoms with Gasteiger partial charge in [-0.15, -0.1) is 0 Å². The summed E-state index contributed by atoms with van der Waals surface area (Å²) in [4.78, 5) is 16.1. The molecule has 0 spiro atoms. The largest absolute Gasteiger partial charge is 0.506 e. The number of hydrogen-bond donors (Lipinski definition) is 3. The Balaban J connectivity index is 1.45. The Kier molecular flexibility index (Phi) is 27.7. The molecule has 3 aromatic rings. The first-order chi connectivity index (χ1) is 29.8. The molecule has 0 saturated carbocycles. The predicted octanol–water partition coefficient (Wildman–Crippen LogP) is 15.9. The van der Waals surface area contributed by atoms with E-state index in [-0.39, 0.29) is 22.2 Å². The Bertz CT molecular complexity index is 1670. The normalized spacial score (nSPS) is 11.7. The number of anilines is 2. The van der Waals surface area contributed by atoms with Crippen molar-refractivity contribution in [2.45, 2.75) is 224 Å². The van der Waals surface area contributed by atoms with E-state index in [0.717, 1.165) is 25.7 Å². The smallest absolute Gasteiger partial charge is 0.261 e. The molecule has 4 N–H and O–H groups in total. The van der Waals surface area contributed by atoms with Crippen molar-refractivity contribution < 1.29 is 18.3 Å². The van der Waals surface area contributed by atoms with Crippen LogP contribution >= 0.6 is 0 Å². The van der Waals surface area contributed by atoms with Crippen molar-refractivity contribution >= 4 is 38.1 Å². The molecule has 344 valence electrons. The number of nitrogen functional groups attached to an aromatic ring is 1. The maximum atomic E-state index is 14.1. The van der Waals surface area contributed by atoms with Gasteiger partial charge in [-0.1, -0.05) is 225 Å². The number of nitrogens with zero attached hydrogens (tertiary/aromatic N) is 1. The Morgan fingerprint density at radius 3 is 1.34 bits per heavy atom. The second-order valence-electron chi connectivity index (χ2n) is 17.9. The molecule has 0 radical (unpaired) electrons. The number of nitrogens with two attached hydrogens (primary N) is 1. The first-order valence-electron chi connectivity index (χ1n) is 25.2. The maximum Gasteiger partial charge on any atom is 0.261 e. The Morgan fingerprint density at radius 1 is 0.525 bits per heavy atom. The molecule has 0 heterocycles. The number of phenols is 1. The number of benzene rings is 3. The molecule has 0 unspecified atom stereocenters. The van der Waals surface area contributed by atoms with Crippen LogP contribution < -0.4 is 10.5 Å². The number of fused-ring (bicyclic) bond motifs is 1. The zero-order chi connectivity index (χ0) is 43.8. The number of phenolic OH excluding ortho intramolecular Hbond substituents is 1. The number of carbonyl (C=O) groups excluding carboxylic acids is 1. The molecule has 0 atom stereocenters. The van der Waals surface area contributed by atoms with E-state index < -0.39 is 10.0 Å². The lowest BCUT2D eigenvalue weighted by Crippen LogP contribution is -2.33.